The zero-order valence-electron chi connectivity index (χ0n) is 14.4. The van der Waals surface area contributed by atoms with Gasteiger partial charge in [-0.3, -0.25) is 4.79 Å². The fraction of sp³-hybridized carbons (Fsp3) is 0.765. The first-order valence-electron chi connectivity index (χ1n) is 8.78. The van der Waals surface area contributed by atoms with Crippen LogP contribution >= 0.6 is 0 Å². The number of esters is 1. The largest absolute Gasteiger partial charge is 0.457 e. The summed E-state index contributed by atoms with van der Waals surface area (Å²) in [5.74, 6) is 3.13. The molecule has 0 aromatic carbocycles. The maximum Gasteiger partial charge on any atom is 0.312 e. The molecule has 4 fully saturated rings. The highest BCUT2D eigenvalue weighted by Gasteiger charge is 2.55. The lowest BCUT2D eigenvalue weighted by atomic mass is 9.49. The number of ether oxygens (including phenoxy) is 1. The third-order valence-corrected chi connectivity index (χ3v) is 5.89. The van der Waals surface area contributed by atoms with Crippen molar-refractivity contribution in [3.05, 3.63) is 5.82 Å². The van der Waals surface area contributed by atoms with E-state index in [9.17, 15) is 4.79 Å². The van der Waals surface area contributed by atoms with Gasteiger partial charge < -0.3 is 15.4 Å². The molecule has 0 saturated heterocycles. The Morgan fingerprint density at radius 3 is 2.25 bits per heavy atom. The number of anilines is 2. The monoisotopic (exact) mass is 331 g/mol. The molecule has 4 saturated carbocycles. The highest BCUT2D eigenvalue weighted by molar-refractivity contribution is 5.77. The van der Waals surface area contributed by atoms with Gasteiger partial charge in [-0.15, -0.1) is 0 Å². The van der Waals surface area contributed by atoms with Gasteiger partial charge in [-0.2, -0.15) is 15.0 Å². The average Bonchev–Trinajstić information content (AvgIpc) is 2.50. The molecule has 0 atom stereocenters. The Kier molecular flexibility index (Phi) is 3.62. The molecule has 0 radical (unpaired) electrons. The number of aromatic nitrogens is 3. The molecule has 4 aliphatic carbocycles. The van der Waals surface area contributed by atoms with Crippen LogP contribution in [0, 0.1) is 23.2 Å². The molecule has 0 aliphatic heterocycles. The number of nitrogen functional groups attached to an aromatic ring is 1. The van der Waals surface area contributed by atoms with Crippen molar-refractivity contribution < 1.29 is 9.53 Å². The lowest BCUT2D eigenvalue weighted by molar-refractivity contribution is -0.173. The molecule has 0 unspecified atom stereocenters. The number of nitrogens with two attached hydrogens (primary N) is 1. The van der Waals surface area contributed by atoms with E-state index in [2.05, 4.69) is 15.0 Å². The summed E-state index contributed by atoms with van der Waals surface area (Å²) < 4.78 is 5.64. The second-order valence-electron chi connectivity index (χ2n) is 8.08. The number of hydrogen-bond donors (Lipinski definition) is 1. The van der Waals surface area contributed by atoms with Gasteiger partial charge in [0.05, 0.1) is 5.41 Å². The standard InChI is InChI=1S/C17H25N5O2/c1-22(2)16-20-13(19-15(18)21-16)9-24-14(23)17-6-10-3-11(7-17)5-12(4-10)8-17/h10-12H,3-9H2,1-2H3,(H2,18,19,20,21). The lowest BCUT2D eigenvalue weighted by Gasteiger charge is -2.55. The minimum absolute atomic E-state index is 0.0630. The second-order valence-corrected chi connectivity index (χ2v) is 8.08. The molecule has 24 heavy (non-hydrogen) atoms. The van der Waals surface area contributed by atoms with Crippen LogP contribution in [-0.4, -0.2) is 35.0 Å². The van der Waals surface area contributed by atoms with E-state index in [-0.39, 0.29) is 23.9 Å². The highest BCUT2D eigenvalue weighted by atomic mass is 16.5. The van der Waals surface area contributed by atoms with Crippen molar-refractivity contribution in [2.24, 2.45) is 23.2 Å². The first-order valence-corrected chi connectivity index (χ1v) is 8.78. The van der Waals surface area contributed by atoms with E-state index in [1.165, 1.54) is 19.3 Å². The van der Waals surface area contributed by atoms with Crippen LogP contribution in [0.15, 0.2) is 0 Å². The smallest absolute Gasteiger partial charge is 0.312 e. The fourth-order valence-corrected chi connectivity index (χ4v) is 5.33. The summed E-state index contributed by atoms with van der Waals surface area (Å²) in [5, 5.41) is 0. The number of carbonyl (C=O) groups excluding carboxylic acids is 1. The fourth-order valence-electron chi connectivity index (χ4n) is 5.33. The van der Waals surface area contributed by atoms with E-state index in [0.717, 1.165) is 37.0 Å². The van der Waals surface area contributed by atoms with Gasteiger partial charge in [0.1, 0.15) is 0 Å². The van der Waals surface area contributed by atoms with Crippen LogP contribution in [0.25, 0.3) is 0 Å². The van der Waals surface area contributed by atoms with Crippen LogP contribution in [0.4, 0.5) is 11.9 Å². The van der Waals surface area contributed by atoms with Crippen molar-refractivity contribution in [1.29, 1.82) is 0 Å². The van der Waals surface area contributed by atoms with Crippen molar-refractivity contribution in [2.45, 2.75) is 45.1 Å². The number of nitrogens with zero attached hydrogens (tertiary/aromatic N) is 4. The summed E-state index contributed by atoms with van der Waals surface area (Å²) in [6, 6.07) is 0. The topological polar surface area (TPSA) is 94.2 Å². The van der Waals surface area contributed by atoms with Crippen molar-refractivity contribution in [3.63, 3.8) is 0 Å². The maximum absolute atomic E-state index is 12.8. The predicted molar refractivity (Wildman–Crippen MR) is 89.0 cm³/mol. The zero-order chi connectivity index (χ0) is 16.9. The van der Waals surface area contributed by atoms with Gasteiger partial charge in [-0.25, -0.2) is 0 Å². The number of hydrogen-bond acceptors (Lipinski definition) is 7. The first-order chi connectivity index (χ1) is 11.4. The molecule has 0 spiro atoms. The molecule has 0 amide bonds. The van der Waals surface area contributed by atoms with Crippen molar-refractivity contribution >= 4 is 17.9 Å². The van der Waals surface area contributed by atoms with E-state index in [1.54, 1.807) is 4.90 Å². The zero-order valence-corrected chi connectivity index (χ0v) is 14.4. The van der Waals surface area contributed by atoms with Crippen LogP contribution in [0.5, 0.6) is 0 Å². The van der Waals surface area contributed by atoms with Gasteiger partial charge in [0.2, 0.25) is 11.9 Å². The molecule has 1 heterocycles. The van der Waals surface area contributed by atoms with Gasteiger partial charge in [0, 0.05) is 14.1 Å². The van der Waals surface area contributed by atoms with E-state index >= 15 is 0 Å². The molecule has 7 heteroatoms. The van der Waals surface area contributed by atoms with Crippen molar-refractivity contribution in [1.82, 2.24) is 15.0 Å². The van der Waals surface area contributed by atoms with E-state index in [4.69, 9.17) is 10.5 Å². The van der Waals surface area contributed by atoms with Crippen LogP contribution < -0.4 is 10.6 Å². The van der Waals surface area contributed by atoms with Gasteiger partial charge in [-0.1, -0.05) is 0 Å². The first kappa shape index (κ1) is 15.6. The van der Waals surface area contributed by atoms with Gasteiger partial charge in [-0.05, 0) is 56.3 Å². The van der Waals surface area contributed by atoms with Crippen LogP contribution in [0.3, 0.4) is 0 Å². The molecular weight excluding hydrogens is 306 g/mol. The minimum atomic E-state index is -0.252. The molecule has 7 nitrogen and oxygen atoms in total. The summed E-state index contributed by atoms with van der Waals surface area (Å²) >= 11 is 0. The Morgan fingerprint density at radius 2 is 1.71 bits per heavy atom. The Bertz CT molecular complexity index is 625. The quantitative estimate of drug-likeness (QED) is 0.840. The maximum atomic E-state index is 12.8. The minimum Gasteiger partial charge on any atom is -0.457 e. The summed E-state index contributed by atoms with van der Waals surface area (Å²) in [7, 11) is 3.67. The summed E-state index contributed by atoms with van der Waals surface area (Å²) in [5.41, 5.74) is 5.47. The lowest BCUT2D eigenvalue weighted by Crippen LogP contribution is -2.50. The summed E-state index contributed by atoms with van der Waals surface area (Å²) in [6.07, 6.45) is 6.93. The average molecular weight is 331 g/mol. The van der Waals surface area contributed by atoms with E-state index < -0.39 is 0 Å². The molecule has 4 aliphatic rings. The Labute approximate surface area is 142 Å². The highest BCUT2D eigenvalue weighted by Crippen LogP contribution is 2.60. The molecule has 130 valence electrons. The molecule has 1 aromatic heterocycles. The Hall–Kier alpha value is -1.92. The third-order valence-electron chi connectivity index (χ3n) is 5.89. The van der Waals surface area contributed by atoms with Crippen LogP contribution in [0.2, 0.25) is 0 Å². The summed E-state index contributed by atoms with van der Waals surface area (Å²) in [6.45, 7) is 0.0636. The van der Waals surface area contributed by atoms with Gasteiger partial charge in [0.15, 0.2) is 12.4 Å². The van der Waals surface area contributed by atoms with Gasteiger partial charge in [0.25, 0.3) is 0 Å². The molecule has 5 rings (SSSR count). The second kappa shape index (κ2) is 5.57. The SMILES string of the molecule is CN(C)c1nc(N)nc(COC(=O)C23CC4CC(CC(C4)C2)C3)n1. The molecular formula is C17H25N5O2. The van der Waals surface area contributed by atoms with E-state index in [0.29, 0.717) is 11.8 Å². The van der Waals surface area contributed by atoms with E-state index in [1.807, 2.05) is 14.1 Å². The van der Waals surface area contributed by atoms with Crippen LogP contribution in [-0.2, 0) is 16.1 Å². The number of carbonyl (C=O) groups is 1. The number of rotatable bonds is 4. The Morgan fingerprint density at radius 1 is 1.12 bits per heavy atom. The van der Waals surface area contributed by atoms with Crippen LogP contribution in [0.1, 0.15) is 44.3 Å². The third kappa shape index (κ3) is 2.70. The predicted octanol–water partition coefficient (Wildman–Crippen LogP) is 1.78. The summed E-state index contributed by atoms with van der Waals surface area (Å²) in [4.78, 5) is 27.0. The van der Waals surface area contributed by atoms with Gasteiger partial charge >= 0.3 is 5.97 Å². The molecule has 2 N–H and O–H groups in total. The van der Waals surface area contributed by atoms with Crippen molar-refractivity contribution in [2.75, 3.05) is 24.7 Å². The molecule has 1 aromatic rings. The normalized spacial score (nSPS) is 33.5. The van der Waals surface area contributed by atoms with Crippen molar-refractivity contribution in [3.8, 4) is 0 Å². The Balaban J connectivity index is 1.46. The molecule has 4 bridgehead atoms.